The minimum absolute atomic E-state index is 0.0415. The molecule has 130 valence electrons. The normalized spacial score (nSPS) is 24.1. The molecule has 0 bridgehead atoms. The van der Waals surface area contributed by atoms with Gasteiger partial charge in [-0.15, -0.1) is 0 Å². The molecule has 2 amide bonds. The molecule has 0 aromatic heterocycles. The highest BCUT2D eigenvalue weighted by molar-refractivity contribution is 5.79. The Bertz CT molecular complexity index is 600. The first-order valence-electron chi connectivity index (χ1n) is 8.82. The Morgan fingerprint density at radius 2 is 2.00 bits per heavy atom. The van der Waals surface area contributed by atoms with Gasteiger partial charge in [-0.1, -0.05) is 30.3 Å². The molecule has 2 aliphatic rings. The summed E-state index contributed by atoms with van der Waals surface area (Å²) in [6.45, 7) is 3.80. The van der Waals surface area contributed by atoms with Gasteiger partial charge in [-0.2, -0.15) is 0 Å². The maximum absolute atomic E-state index is 12.7. The minimum Gasteiger partial charge on any atom is -0.385 e. The first kappa shape index (κ1) is 17.0. The average molecular weight is 330 g/mol. The van der Waals surface area contributed by atoms with Gasteiger partial charge in [-0.05, 0) is 31.7 Å². The fourth-order valence-corrected chi connectivity index (χ4v) is 3.80. The summed E-state index contributed by atoms with van der Waals surface area (Å²) in [6, 6.07) is 9.45. The number of rotatable bonds is 4. The summed E-state index contributed by atoms with van der Waals surface area (Å²) < 4.78 is 0. The number of hydrogen-bond acceptors (Lipinski definition) is 3. The molecule has 24 heavy (non-hydrogen) atoms. The molecule has 0 radical (unpaired) electrons. The summed E-state index contributed by atoms with van der Waals surface area (Å²) in [5.74, 6) is 0.172. The van der Waals surface area contributed by atoms with E-state index in [1.807, 2.05) is 40.1 Å². The summed E-state index contributed by atoms with van der Waals surface area (Å²) in [4.78, 5) is 28.4. The second kappa shape index (κ2) is 6.93. The highest BCUT2D eigenvalue weighted by Gasteiger charge is 2.35. The maximum Gasteiger partial charge on any atom is 0.225 e. The van der Waals surface area contributed by atoms with Gasteiger partial charge in [0.1, 0.15) is 0 Å². The number of carbonyl (C=O) groups excluding carboxylic acids is 2. The summed E-state index contributed by atoms with van der Waals surface area (Å²) in [6.07, 6.45) is 3.50. The fourth-order valence-electron chi connectivity index (χ4n) is 3.80. The Balaban J connectivity index is 1.63. The molecule has 2 saturated heterocycles. The molecule has 0 spiro atoms. The Hall–Kier alpha value is -1.88. The zero-order chi connectivity index (χ0) is 17.2. The lowest BCUT2D eigenvalue weighted by Crippen LogP contribution is -2.51. The van der Waals surface area contributed by atoms with Crippen molar-refractivity contribution in [2.24, 2.45) is 0 Å². The van der Waals surface area contributed by atoms with Gasteiger partial charge in [0.2, 0.25) is 11.8 Å². The SMILES string of the molecule is CC(O)(CC(=O)N1CCCC(N2CCCC2=O)C1)c1ccccc1. The van der Waals surface area contributed by atoms with Gasteiger partial charge < -0.3 is 14.9 Å². The monoisotopic (exact) mass is 330 g/mol. The molecule has 5 heteroatoms. The largest absolute Gasteiger partial charge is 0.385 e. The maximum atomic E-state index is 12.7. The lowest BCUT2D eigenvalue weighted by Gasteiger charge is -2.38. The molecular weight excluding hydrogens is 304 g/mol. The van der Waals surface area contributed by atoms with Crippen LogP contribution in [0.2, 0.25) is 0 Å². The molecule has 2 aliphatic heterocycles. The third-order valence-electron chi connectivity index (χ3n) is 5.19. The van der Waals surface area contributed by atoms with E-state index in [4.69, 9.17) is 0 Å². The lowest BCUT2D eigenvalue weighted by molar-refractivity contribution is -0.141. The van der Waals surface area contributed by atoms with E-state index in [1.165, 1.54) is 0 Å². The zero-order valence-corrected chi connectivity index (χ0v) is 14.3. The number of amides is 2. The first-order valence-corrected chi connectivity index (χ1v) is 8.82. The highest BCUT2D eigenvalue weighted by Crippen LogP contribution is 2.27. The summed E-state index contributed by atoms with van der Waals surface area (Å²) in [5.41, 5.74) is -0.420. The molecule has 0 aliphatic carbocycles. The van der Waals surface area contributed by atoms with Crippen LogP contribution in [0.15, 0.2) is 30.3 Å². The quantitative estimate of drug-likeness (QED) is 0.917. The van der Waals surface area contributed by atoms with Crippen LogP contribution in [0, 0.1) is 0 Å². The van der Waals surface area contributed by atoms with E-state index >= 15 is 0 Å². The van der Waals surface area contributed by atoms with Gasteiger partial charge in [-0.25, -0.2) is 0 Å². The molecular formula is C19H26N2O3. The molecule has 0 saturated carbocycles. The number of likely N-dealkylation sites (tertiary alicyclic amines) is 2. The number of benzene rings is 1. The molecule has 1 aromatic rings. The Morgan fingerprint density at radius 1 is 1.25 bits per heavy atom. The second-order valence-electron chi connectivity index (χ2n) is 7.14. The van der Waals surface area contributed by atoms with Crippen molar-refractivity contribution in [1.82, 2.24) is 9.80 Å². The summed E-state index contributed by atoms with van der Waals surface area (Å²) in [7, 11) is 0. The average Bonchev–Trinajstić information content (AvgIpc) is 3.01. The predicted octanol–water partition coefficient (Wildman–Crippen LogP) is 1.90. The van der Waals surface area contributed by atoms with Gasteiger partial charge >= 0.3 is 0 Å². The van der Waals surface area contributed by atoms with Crippen LogP contribution >= 0.6 is 0 Å². The number of nitrogens with zero attached hydrogens (tertiary/aromatic N) is 2. The van der Waals surface area contributed by atoms with E-state index in [0.717, 1.165) is 31.4 Å². The standard InChI is InChI=1S/C19H26N2O3/c1-19(24,15-7-3-2-4-8-15)13-18(23)20-11-5-9-16(14-20)21-12-6-10-17(21)22/h2-4,7-8,16,24H,5-6,9-14H2,1H3. The third-order valence-corrected chi connectivity index (χ3v) is 5.19. The summed E-state index contributed by atoms with van der Waals surface area (Å²) in [5, 5.41) is 10.7. The van der Waals surface area contributed by atoms with Gasteiger partial charge in [0.25, 0.3) is 0 Å². The molecule has 2 fully saturated rings. The smallest absolute Gasteiger partial charge is 0.225 e. The fraction of sp³-hybridized carbons (Fsp3) is 0.579. The Morgan fingerprint density at radius 3 is 2.67 bits per heavy atom. The van der Waals surface area contributed by atoms with E-state index < -0.39 is 5.60 Å². The van der Waals surface area contributed by atoms with E-state index in [2.05, 4.69) is 0 Å². The number of carbonyl (C=O) groups is 2. The topological polar surface area (TPSA) is 60.9 Å². The van der Waals surface area contributed by atoms with Crippen LogP contribution in [0.5, 0.6) is 0 Å². The first-order chi connectivity index (χ1) is 11.5. The van der Waals surface area contributed by atoms with Crippen LogP contribution < -0.4 is 0 Å². The highest BCUT2D eigenvalue weighted by atomic mass is 16.3. The lowest BCUT2D eigenvalue weighted by atomic mass is 9.91. The van der Waals surface area contributed by atoms with Crippen molar-refractivity contribution in [3.05, 3.63) is 35.9 Å². The molecule has 2 heterocycles. The third kappa shape index (κ3) is 3.61. The van der Waals surface area contributed by atoms with Crippen molar-refractivity contribution in [3.63, 3.8) is 0 Å². The van der Waals surface area contributed by atoms with Gasteiger partial charge in [-0.3, -0.25) is 9.59 Å². The van der Waals surface area contributed by atoms with Crippen LogP contribution in [-0.2, 0) is 15.2 Å². The van der Waals surface area contributed by atoms with Crippen molar-refractivity contribution >= 4 is 11.8 Å². The molecule has 1 N–H and O–H groups in total. The van der Waals surface area contributed by atoms with Crippen LogP contribution in [0.25, 0.3) is 0 Å². The Kier molecular flexibility index (Phi) is 4.90. The van der Waals surface area contributed by atoms with Gasteiger partial charge in [0, 0.05) is 32.1 Å². The molecule has 2 atom stereocenters. The van der Waals surface area contributed by atoms with Crippen LogP contribution in [0.3, 0.4) is 0 Å². The number of hydrogen-bond donors (Lipinski definition) is 1. The van der Waals surface area contributed by atoms with Crippen molar-refractivity contribution in [2.75, 3.05) is 19.6 Å². The second-order valence-corrected chi connectivity index (χ2v) is 7.14. The van der Waals surface area contributed by atoms with E-state index in [0.29, 0.717) is 19.5 Å². The van der Waals surface area contributed by atoms with Crippen LogP contribution in [-0.4, -0.2) is 52.4 Å². The minimum atomic E-state index is -1.17. The van der Waals surface area contributed by atoms with E-state index in [-0.39, 0.29) is 24.3 Å². The van der Waals surface area contributed by atoms with Crippen molar-refractivity contribution in [2.45, 2.75) is 50.7 Å². The molecule has 1 aromatic carbocycles. The molecule has 5 nitrogen and oxygen atoms in total. The van der Waals surface area contributed by atoms with Crippen molar-refractivity contribution in [3.8, 4) is 0 Å². The predicted molar refractivity (Wildman–Crippen MR) is 91.2 cm³/mol. The molecule has 2 unspecified atom stereocenters. The molecule has 3 rings (SSSR count). The van der Waals surface area contributed by atoms with Crippen molar-refractivity contribution in [1.29, 1.82) is 0 Å². The van der Waals surface area contributed by atoms with E-state index in [9.17, 15) is 14.7 Å². The summed E-state index contributed by atoms with van der Waals surface area (Å²) >= 11 is 0. The van der Waals surface area contributed by atoms with Gasteiger partial charge in [0.05, 0.1) is 12.0 Å². The Labute approximate surface area is 143 Å². The van der Waals surface area contributed by atoms with Crippen LogP contribution in [0.1, 0.15) is 44.6 Å². The zero-order valence-electron chi connectivity index (χ0n) is 14.3. The number of piperidine rings is 1. The van der Waals surface area contributed by atoms with E-state index in [1.54, 1.807) is 6.92 Å². The van der Waals surface area contributed by atoms with Gasteiger partial charge in [0.15, 0.2) is 0 Å². The van der Waals surface area contributed by atoms with Crippen LogP contribution in [0.4, 0.5) is 0 Å². The number of aliphatic hydroxyl groups is 1. The van der Waals surface area contributed by atoms with Crippen molar-refractivity contribution < 1.29 is 14.7 Å².